The van der Waals surface area contributed by atoms with E-state index in [0.29, 0.717) is 12.1 Å². The van der Waals surface area contributed by atoms with Crippen LogP contribution in [0, 0.1) is 6.92 Å². The van der Waals surface area contributed by atoms with E-state index in [0.717, 1.165) is 39.2 Å². The molecule has 0 bridgehead atoms. The molecular formula is C31H39N3O4S. The SMILES string of the molecule is CCc1ccc(N(CC(=O)N(Cc2ccccc2C)[C@@H](Cc2ccccc2)C(=O)NC(C)C)S(C)(=O)=O)cc1. The van der Waals surface area contributed by atoms with E-state index in [1.54, 1.807) is 12.1 Å². The van der Waals surface area contributed by atoms with Crippen LogP contribution in [0.2, 0.25) is 0 Å². The molecule has 0 spiro atoms. The van der Waals surface area contributed by atoms with Crippen LogP contribution in [0.15, 0.2) is 78.9 Å². The maximum Gasteiger partial charge on any atom is 0.244 e. The normalized spacial score (nSPS) is 12.2. The lowest BCUT2D eigenvalue weighted by atomic mass is 10.0. The molecule has 0 radical (unpaired) electrons. The second-order valence-electron chi connectivity index (χ2n) is 10.1. The van der Waals surface area contributed by atoms with Gasteiger partial charge in [0.2, 0.25) is 21.8 Å². The Morgan fingerprint density at radius 3 is 2.05 bits per heavy atom. The van der Waals surface area contributed by atoms with Gasteiger partial charge in [-0.2, -0.15) is 0 Å². The van der Waals surface area contributed by atoms with Crippen LogP contribution in [0.5, 0.6) is 0 Å². The minimum absolute atomic E-state index is 0.129. The van der Waals surface area contributed by atoms with Crippen LogP contribution in [0.25, 0.3) is 0 Å². The Morgan fingerprint density at radius 1 is 0.872 bits per heavy atom. The largest absolute Gasteiger partial charge is 0.352 e. The van der Waals surface area contributed by atoms with Crippen LogP contribution in [-0.4, -0.2) is 50.0 Å². The lowest BCUT2D eigenvalue weighted by Crippen LogP contribution is -2.54. The Bertz CT molecular complexity index is 1360. The highest BCUT2D eigenvalue weighted by atomic mass is 32.2. The van der Waals surface area contributed by atoms with E-state index >= 15 is 0 Å². The quantitative estimate of drug-likeness (QED) is 0.361. The number of anilines is 1. The minimum atomic E-state index is -3.79. The molecule has 39 heavy (non-hydrogen) atoms. The lowest BCUT2D eigenvalue weighted by molar-refractivity contribution is -0.140. The number of sulfonamides is 1. The molecule has 3 aromatic carbocycles. The minimum Gasteiger partial charge on any atom is -0.352 e. The van der Waals surface area contributed by atoms with Crippen LogP contribution in [0.4, 0.5) is 5.69 Å². The van der Waals surface area contributed by atoms with Gasteiger partial charge in [0.25, 0.3) is 0 Å². The van der Waals surface area contributed by atoms with Gasteiger partial charge in [0.15, 0.2) is 0 Å². The number of hydrogen-bond donors (Lipinski definition) is 1. The van der Waals surface area contributed by atoms with Crippen molar-refractivity contribution in [1.29, 1.82) is 0 Å². The summed E-state index contributed by atoms with van der Waals surface area (Å²) in [6, 6.07) is 23.4. The Morgan fingerprint density at radius 2 is 1.49 bits per heavy atom. The number of aryl methyl sites for hydroxylation is 2. The highest BCUT2D eigenvalue weighted by Gasteiger charge is 2.33. The van der Waals surface area contributed by atoms with E-state index in [1.165, 1.54) is 4.90 Å². The monoisotopic (exact) mass is 549 g/mol. The van der Waals surface area contributed by atoms with Gasteiger partial charge in [-0.25, -0.2) is 8.42 Å². The Labute approximate surface area is 232 Å². The molecule has 3 aromatic rings. The summed E-state index contributed by atoms with van der Waals surface area (Å²) in [6.45, 7) is 7.46. The van der Waals surface area contributed by atoms with Crippen LogP contribution in [0.1, 0.15) is 43.0 Å². The second-order valence-corrected chi connectivity index (χ2v) is 12.0. The number of nitrogens with zero attached hydrogens (tertiary/aromatic N) is 2. The van der Waals surface area contributed by atoms with Gasteiger partial charge in [-0.05, 0) is 61.6 Å². The zero-order valence-electron chi connectivity index (χ0n) is 23.4. The maximum atomic E-state index is 14.1. The van der Waals surface area contributed by atoms with Gasteiger partial charge in [0.1, 0.15) is 12.6 Å². The average molecular weight is 550 g/mol. The third kappa shape index (κ3) is 8.42. The van der Waals surface area contributed by atoms with Crippen LogP contribution in [0.3, 0.4) is 0 Å². The molecule has 0 fully saturated rings. The van der Waals surface area contributed by atoms with Crippen molar-refractivity contribution < 1.29 is 18.0 Å². The summed E-state index contributed by atoms with van der Waals surface area (Å²) < 4.78 is 26.9. The van der Waals surface area contributed by atoms with Gasteiger partial charge in [0.05, 0.1) is 11.9 Å². The zero-order valence-corrected chi connectivity index (χ0v) is 24.2. The van der Waals surface area contributed by atoms with Crippen molar-refractivity contribution in [1.82, 2.24) is 10.2 Å². The molecule has 0 saturated heterocycles. The first-order chi connectivity index (χ1) is 18.5. The van der Waals surface area contributed by atoms with Gasteiger partial charge < -0.3 is 10.2 Å². The van der Waals surface area contributed by atoms with Crippen molar-refractivity contribution in [2.75, 3.05) is 17.1 Å². The van der Waals surface area contributed by atoms with Crippen LogP contribution < -0.4 is 9.62 Å². The number of amides is 2. The van der Waals surface area contributed by atoms with Gasteiger partial charge in [0, 0.05) is 19.0 Å². The van der Waals surface area contributed by atoms with Gasteiger partial charge >= 0.3 is 0 Å². The van der Waals surface area contributed by atoms with E-state index in [9.17, 15) is 18.0 Å². The van der Waals surface area contributed by atoms with Gasteiger partial charge in [-0.3, -0.25) is 13.9 Å². The second kappa shape index (κ2) is 13.4. The summed E-state index contributed by atoms with van der Waals surface area (Å²) in [5.41, 5.74) is 4.24. The number of hydrogen-bond acceptors (Lipinski definition) is 4. The third-order valence-corrected chi connectivity index (χ3v) is 7.76. The zero-order chi connectivity index (χ0) is 28.6. The number of carbonyl (C=O) groups excluding carboxylic acids is 2. The first-order valence-electron chi connectivity index (χ1n) is 13.2. The number of benzene rings is 3. The molecule has 8 heteroatoms. The molecule has 0 aliphatic rings. The molecule has 0 saturated carbocycles. The fraction of sp³-hybridized carbons (Fsp3) is 0.355. The van der Waals surface area contributed by atoms with E-state index < -0.39 is 28.5 Å². The van der Waals surface area contributed by atoms with Crippen LogP contribution in [-0.2, 0) is 39.0 Å². The van der Waals surface area contributed by atoms with Crippen molar-refractivity contribution in [3.05, 3.63) is 101 Å². The molecule has 3 rings (SSSR count). The van der Waals surface area contributed by atoms with Crippen molar-refractivity contribution in [2.24, 2.45) is 0 Å². The summed E-state index contributed by atoms with van der Waals surface area (Å²) in [5, 5.41) is 2.96. The highest BCUT2D eigenvalue weighted by Crippen LogP contribution is 2.22. The molecule has 0 aromatic heterocycles. The molecular weight excluding hydrogens is 510 g/mol. The summed E-state index contributed by atoms with van der Waals surface area (Å²) >= 11 is 0. The molecule has 2 amide bonds. The Hall–Kier alpha value is -3.65. The van der Waals surface area contributed by atoms with Crippen LogP contribution >= 0.6 is 0 Å². The van der Waals surface area contributed by atoms with Gasteiger partial charge in [-0.15, -0.1) is 0 Å². The molecule has 7 nitrogen and oxygen atoms in total. The van der Waals surface area contributed by atoms with Crippen molar-refractivity contribution in [3.63, 3.8) is 0 Å². The smallest absolute Gasteiger partial charge is 0.244 e. The predicted molar refractivity (Wildman–Crippen MR) is 157 cm³/mol. The fourth-order valence-corrected chi connectivity index (χ4v) is 5.27. The summed E-state index contributed by atoms with van der Waals surface area (Å²) in [6.07, 6.45) is 2.20. The average Bonchev–Trinajstić information content (AvgIpc) is 2.89. The number of rotatable bonds is 12. The topological polar surface area (TPSA) is 86.8 Å². The third-order valence-electron chi connectivity index (χ3n) is 6.62. The first kappa shape index (κ1) is 29.9. The molecule has 0 unspecified atom stereocenters. The summed E-state index contributed by atoms with van der Waals surface area (Å²) in [4.78, 5) is 29.2. The lowest BCUT2D eigenvalue weighted by Gasteiger charge is -2.34. The highest BCUT2D eigenvalue weighted by molar-refractivity contribution is 7.92. The molecule has 208 valence electrons. The molecule has 1 atom stereocenters. The van der Waals surface area contributed by atoms with Crippen molar-refractivity contribution in [2.45, 2.75) is 59.2 Å². The Kier molecular flexibility index (Phi) is 10.3. The molecule has 1 N–H and O–H groups in total. The standard InChI is InChI=1S/C31H39N3O4S/c1-6-25-16-18-28(19-17-25)34(39(5,37)38)22-30(35)33(21-27-15-11-10-12-24(27)4)29(31(36)32-23(2)3)20-26-13-8-7-9-14-26/h7-19,23,29H,6,20-22H2,1-5H3,(H,32,36)/t29-/m0/s1. The summed E-state index contributed by atoms with van der Waals surface area (Å²) in [5.74, 6) is -0.739. The predicted octanol–water partition coefficient (Wildman–Crippen LogP) is 4.49. The van der Waals surface area contributed by atoms with E-state index in [2.05, 4.69) is 5.32 Å². The summed E-state index contributed by atoms with van der Waals surface area (Å²) in [7, 11) is -3.79. The molecule has 0 aliphatic heterocycles. The number of carbonyl (C=O) groups is 2. The maximum absolute atomic E-state index is 14.1. The van der Waals surface area contributed by atoms with Crippen molar-refractivity contribution in [3.8, 4) is 0 Å². The van der Waals surface area contributed by atoms with Gasteiger partial charge in [-0.1, -0.05) is 73.7 Å². The first-order valence-corrected chi connectivity index (χ1v) is 15.1. The molecule has 0 heterocycles. The Balaban J connectivity index is 2.05. The van der Waals surface area contributed by atoms with E-state index in [4.69, 9.17) is 0 Å². The van der Waals surface area contributed by atoms with E-state index in [1.807, 2.05) is 94.4 Å². The van der Waals surface area contributed by atoms with E-state index in [-0.39, 0.29) is 18.5 Å². The molecule has 0 aliphatic carbocycles. The van der Waals surface area contributed by atoms with Crippen molar-refractivity contribution >= 4 is 27.5 Å². The number of nitrogens with one attached hydrogen (secondary N) is 1. The fourth-order valence-electron chi connectivity index (χ4n) is 4.42.